The highest BCUT2D eigenvalue weighted by molar-refractivity contribution is 5.09. The van der Waals surface area contributed by atoms with Gasteiger partial charge in [0, 0.05) is 18.6 Å². The molecular weight excluding hydrogens is 210 g/mol. The molecule has 2 unspecified atom stereocenters. The van der Waals surface area contributed by atoms with Crippen molar-refractivity contribution in [3.63, 3.8) is 0 Å². The van der Waals surface area contributed by atoms with E-state index in [1.54, 1.807) is 5.57 Å². The van der Waals surface area contributed by atoms with Crippen LogP contribution in [0.15, 0.2) is 11.6 Å². The lowest BCUT2D eigenvalue weighted by atomic mass is 9.88. The fraction of sp³-hybridized carbons (Fsp3) is 0.867. The predicted molar refractivity (Wildman–Crippen MR) is 74.3 cm³/mol. The van der Waals surface area contributed by atoms with E-state index in [2.05, 4.69) is 39.1 Å². The molecule has 1 aliphatic rings. The minimum atomic E-state index is 0.448. The Morgan fingerprint density at radius 1 is 1.47 bits per heavy atom. The molecule has 2 atom stereocenters. The van der Waals surface area contributed by atoms with E-state index in [0.717, 1.165) is 19.6 Å². The van der Waals surface area contributed by atoms with Gasteiger partial charge in [0.15, 0.2) is 0 Å². The van der Waals surface area contributed by atoms with E-state index in [9.17, 15) is 0 Å². The van der Waals surface area contributed by atoms with Crippen molar-refractivity contribution in [2.24, 2.45) is 5.92 Å². The minimum Gasteiger partial charge on any atom is -0.378 e. The molecule has 1 rings (SSSR count). The summed E-state index contributed by atoms with van der Waals surface area (Å²) in [5.74, 6) is 0.594. The smallest absolute Gasteiger partial charge is 0.0638 e. The summed E-state index contributed by atoms with van der Waals surface area (Å²) in [5.41, 5.74) is 1.61. The second-order valence-electron chi connectivity index (χ2n) is 5.45. The first-order valence-electron chi connectivity index (χ1n) is 7.18. The number of ether oxygens (including phenoxy) is 1. The van der Waals surface area contributed by atoms with E-state index in [4.69, 9.17) is 4.74 Å². The molecule has 0 aromatic heterocycles. The highest BCUT2D eigenvalue weighted by atomic mass is 16.5. The fourth-order valence-corrected chi connectivity index (χ4v) is 2.38. The van der Waals surface area contributed by atoms with Crippen LogP contribution in [0.5, 0.6) is 0 Å². The molecule has 1 N–H and O–H groups in total. The maximum absolute atomic E-state index is 5.99. The van der Waals surface area contributed by atoms with Gasteiger partial charge in [-0.05, 0) is 32.2 Å². The molecule has 0 saturated carbocycles. The van der Waals surface area contributed by atoms with Crippen LogP contribution < -0.4 is 5.32 Å². The van der Waals surface area contributed by atoms with Crippen molar-refractivity contribution in [3.8, 4) is 0 Å². The van der Waals surface area contributed by atoms with Crippen LogP contribution in [0.4, 0.5) is 0 Å². The largest absolute Gasteiger partial charge is 0.378 e. The lowest BCUT2D eigenvalue weighted by Gasteiger charge is -2.28. The van der Waals surface area contributed by atoms with Gasteiger partial charge in [-0.3, -0.25) is 0 Å². The van der Waals surface area contributed by atoms with Crippen LogP contribution in [0.25, 0.3) is 0 Å². The molecule has 0 amide bonds. The second kappa shape index (κ2) is 7.88. The van der Waals surface area contributed by atoms with Crippen molar-refractivity contribution in [1.82, 2.24) is 5.32 Å². The minimum absolute atomic E-state index is 0.448. The van der Waals surface area contributed by atoms with E-state index in [1.807, 2.05) is 0 Å². The number of hydrogen-bond acceptors (Lipinski definition) is 2. The first-order valence-corrected chi connectivity index (χ1v) is 7.18. The van der Waals surface area contributed by atoms with Gasteiger partial charge in [-0.25, -0.2) is 0 Å². The van der Waals surface area contributed by atoms with Gasteiger partial charge in [0.25, 0.3) is 0 Å². The molecule has 0 spiro atoms. The lowest BCUT2D eigenvalue weighted by molar-refractivity contribution is 0.0191. The summed E-state index contributed by atoms with van der Waals surface area (Å²) in [6.45, 7) is 10.9. The Hall–Kier alpha value is -0.340. The number of rotatable bonds is 7. The molecule has 100 valence electrons. The van der Waals surface area contributed by atoms with E-state index in [-0.39, 0.29) is 0 Å². The molecular formula is C15H29NO. The third-order valence-electron chi connectivity index (χ3n) is 3.49. The quantitative estimate of drug-likeness (QED) is 0.542. The van der Waals surface area contributed by atoms with Crippen LogP contribution in [0.1, 0.15) is 53.4 Å². The van der Waals surface area contributed by atoms with Gasteiger partial charge in [-0.1, -0.05) is 39.3 Å². The fourth-order valence-electron chi connectivity index (χ4n) is 2.38. The third-order valence-corrected chi connectivity index (χ3v) is 3.49. The molecule has 0 aromatic rings. The van der Waals surface area contributed by atoms with Gasteiger partial charge in [0.2, 0.25) is 0 Å². The van der Waals surface area contributed by atoms with E-state index < -0.39 is 0 Å². The SMILES string of the molecule is CCC1=CC(C)C(OCCCNC(C)C)CC1. The summed E-state index contributed by atoms with van der Waals surface area (Å²) in [6, 6.07) is 0.582. The van der Waals surface area contributed by atoms with Crippen molar-refractivity contribution < 1.29 is 4.74 Å². The second-order valence-corrected chi connectivity index (χ2v) is 5.45. The maximum Gasteiger partial charge on any atom is 0.0638 e. The molecule has 0 aliphatic heterocycles. The Labute approximate surface area is 107 Å². The molecule has 0 saturated heterocycles. The summed E-state index contributed by atoms with van der Waals surface area (Å²) in [4.78, 5) is 0. The van der Waals surface area contributed by atoms with Crippen LogP contribution in [-0.4, -0.2) is 25.3 Å². The maximum atomic E-state index is 5.99. The summed E-state index contributed by atoms with van der Waals surface area (Å²) < 4.78 is 5.99. The average Bonchev–Trinajstić information content (AvgIpc) is 2.30. The van der Waals surface area contributed by atoms with Crippen molar-refractivity contribution >= 4 is 0 Å². The van der Waals surface area contributed by atoms with Crippen LogP contribution in [0.3, 0.4) is 0 Å². The Bertz CT molecular complexity index is 235. The third kappa shape index (κ3) is 5.69. The van der Waals surface area contributed by atoms with Gasteiger partial charge in [0.1, 0.15) is 0 Å². The first-order chi connectivity index (χ1) is 8.13. The standard InChI is InChI=1S/C15H29NO/c1-5-14-7-8-15(13(4)11-14)17-10-6-9-16-12(2)3/h11-13,15-16H,5-10H2,1-4H3. The van der Waals surface area contributed by atoms with Crippen molar-refractivity contribution in [1.29, 1.82) is 0 Å². The van der Waals surface area contributed by atoms with Crippen LogP contribution >= 0.6 is 0 Å². The van der Waals surface area contributed by atoms with Crippen LogP contribution in [0, 0.1) is 5.92 Å². The van der Waals surface area contributed by atoms with Gasteiger partial charge in [-0.15, -0.1) is 0 Å². The zero-order valence-electron chi connectivity index (χ0n) is 12.0. The molecule has 2 nitrogen and oxygen atoms in total. The van der Waals surface area contributed by atoms with Crippen LogP contribution in [-0.2, 0) is 4.74 Å². The topological polar surface area (TPSA) is 21.3 Å². The Morgan fingerprint density at radius 3 is 2.82 bits per heavy atom. The molecule has 0 heterocycles. The van der Waals surface area contributed by atoms with Gasteiger partial charge < -0.3 is 10.1 Å². The molecule has 1 aliphatic carbocycles. The molecule has 0 radical (unpaired) electrons. The molecule has 0 bridgehead atoms. The highest BCUT2D eigenvalue weighted by Gasteiger charge is 2.20. The van der Waals surface area contributed by atoms with Crippen molar-refractivity contribution in [3.05, 3.63) is 11.6 Å². The number of nitrogens with one attached hydrogen (secondary N) is 1. The molecule has 17 heavy (non-hydrogen) atoms. The zero-order valence-corrected chi connectivity index (χ0v) is 12.0. The summed E-state index contributed by atoms with van der Waals surface area (Å²) in [6.07, 6.45) is 7.62. The molecule has 0 aromatic carbocycles. The molecule has 2 heteroatoms. The Balaban J connectivity index is 2.14. The van der Waals surface area contributed by atoms with Gasteiger partial charge in [0.05, 0.1) is 6.10 Å². The monoisotopic (exact) mass is 239 g/mol. The van der Waals surface area contributed by atoms with E-state index >= 15 is 0 Å². The highest BCUT2D eigenvalue weighted by Crippen LogP contribution is 2.27. The number of allylic oxidation sites excluding steroid dienone is 1. The van der Waals surface area contributed by atoms with Crippen molar-refractivity contribution in [2.45, 2.75) is 65.5 Å². The van der Waals surface area contributed by atoms with E-state index in [0.29, 0.717) is 18.1 Å². The Kier molecular flexibility index (Phi) is 6.83. The normalized spacial score (nSPS) is 25.1. The zero-order chi connectivity index (χ0) is 12.7. The van der Waals surface area contributed by atoms with E-state index in [1.165, 1.54) is 19.3 Å². The first kappa shape index (κ1) is 14.7. The lowest BCUT2D eigenvalue weighted by Crippen LogP contribution is -2.27. The van der Waals surface area contributed by atoms with Gasteiger partial charge in [-0.2, -0.15) is 0 Å². The van der Waals surface area contributed by atoms with Gasteiger partial charge >= 0.3 is 0 Å². The molecule has 0 fully saturated rings. The summed E-state index contributed by atoms with van der Waals surface area (Å²) in [7, 11) is 0. The van der Waals surface area contributed by atoms with Crippen LogP contribution in [0.2, 0.25) is 0 Å². The number of hydrogen-bond donors (Lipinski definition) is 1. The summed E-state index contributed by atoms with van der Waals surface area (Å²) >= 11 is 0. The average molecular weight is 239 g/mol. The Morgan fingerprint density at radius 2 is 2.24 bits per heavy atom. The van der Waals surface area contributed by atoms with Crippen molar-refractivity contribution in [2.75, 3.05) is 13.2 Å². The summed E-state index contributed by atoms with van der Waals surface area (Å²) in [5, 5.41) is 3.42. The predicted octanol–water partition coefficient (Wildman–Crippen LogP) is 3.53.